The average Bonchev–Trinajstić information content (AvgIpc) is 2.69. The van der Waals surface area contributed by atoms with Gasteiger partial charge in [0.2, 0.25) is 0 Å². The predicted molar refractivity (Wildman–Crippen MR) is 108 cm³/mol. The number of aryl methyl sites for hydroxylation is 2. The van der Waals surface area contributed by atoms with Gasteiger partial charge in [-0.2, -0.15) is 5.10 Å². The molecule has 3 aromatic carbocycles. The lowest BCUT2D eigenvalue weighted by atomic mass is 10.0. The number of benzene rings is 3. The third kappa shape index (κ3) is 4.44. The highest BCUT2D eigenvalue weighted by Gasteiger charge is 2.07. The number of amides is 1. The fourth-order valence-electron chi connectivity index (χ4n) is 2.74. The highest BCUT2D eigenvalue weighted by Crippen LogP contribution is 2.26. The first-order valence-corrected chi connectivity index (χ1v) is 8.66. The number of nitrogens with one attached hydrogen (secondary N) is 1. The Kier molecular flexibility index (Phi) is 5.71. The minimum Gasteiger partial charge on any atom is -0.496 e. The summed E-state index contributed by atoms with van der Waals surface area (Å²) in [7, 11) is 1.61. The van der Waals surface area contributed by atoms with E-state index < -0.39 is 0 Å². The van der Waals surface area contributed by atoms with Gasteiger partial charge in [-0.05, 0) is 53.9 Å². The third-order valence-electron chi connectivity index (χ3n) is 4.38. The number of hydrogen-bond acceptors (Lipinski definition) is 4. The van der Waals surface area contributed by atoms with Crippen LogP contribution in [0.15, 0.2) is 59.7 Å². The van der Waals surface area contributed by atoms with Crippen LogP contribution in [0.25, 0.3) is 10.8 Å². The Morgan fingerprint density at radius 3 is 2.67 bits per heavy atom. The molecular weight excluding hydrogens is 340 g/mol. The molecule has 5 heteroatoms. The van der Waals surface area contributed by atoms with Gasteiger partial charge < -0.3 is 9.47 Å². The summed E-state index contributed by atoms with van der Waals surface area (Å²) in [4.78, 5) is 12.0. The summed E-state index contributed by atoms with van der Waals surface area (Å²) >= 11 is 0. The molecule has 0 saturated carbocycles. The second-order valence-electron chi connectivity index (χ2n) is 6.23. The van der Waals surface area contributed by atoms with Crippen molar-refractivity contribution in [2.75, 3.05) is 13.7 Å². The number of ether oxygens (including phenoxy) is 2. The molecule has 0 aromatic heterocycles. The van der Waals surface area contributed by atoms with Crippen molar-refractivity contribution < 1.29 is 14.3 Å². The molecule has 0 atom stereocenters. The SMILES string of the molecule is COc1ccc2ccccc2c1/C=N/NC(=O)COc1ccc(C)c(C)c1. The van der Waals surface area contributed by atoms with Crippen LogP contribution in [-0.4, -0.2) is 25.8 Å². The first-order chi connectivity index (χ1) is 13.1. The Morgan fingerprint density at radius 1 is 1.07 bits per heavy atom. The van der Waals surface area contributed by atoms with Gasteiger partial charge in [0, 0.05) is 5.56 Å². The Bertz CT molecular complexity index is 996. The maximum Gasteiger partial charge on any atom is 0.277 e. The first kappa shape index (κ1) is 18.5. The van der Waals surface area contributed by atoms with Gasteiger partial charge in [0.05, 0.1) is 13.3 Å². The topological polar surface area (TPSA) is 59.9 Å². The number of carbonyl (C=O) groups is 1. The molecule has 0 aliphatic rings. The van der Waals surface area contributed by atoms with Crippen LogP contribution in [-0.2, 0) is 4.79 Å². The molecule has 1 N–H and O–H groups in total. The van der Waals surface area contributed by atoms with E-state index in [1.165, 1.54) is 5.56 Å². The number of hydrogen-bond donors (Lipinski definition) is 1. The molecule has 0 bridgehead atoms. The van der Waals surface area contributed by atoms with E-state index in [0.717, 1.165) is 21.9 Å². The monoisotopic (exact) mass is 362 g/mol. The van der Waals surface area contributed by atoms with Crippen molar-refractivity contribution in [2.45, 2.75) is 13.8 Å². The Balaban J connectivity index is 1.65. The molecular formula is C22H22N2O3. The number of hydrazone groups is 1. The van der Waals surface area contributed by atoms with E-state index in [1.807, 2.05) is 68.4 Å². The molecule has 138 valence electrons. The molecule has 3 rings (SSSR count). The summed E-state index contributed by atoms with van der Waals surface area (Å²) in [5.74, 6) is 1.02. The normalized spacial score (nSPS) is 10.9. The lowest BCUT2D eigenvalue weighted by molar-refractivity contribution is -0.123. The van der Waals surface area contributed by atoms with Crippen molar-refractivity contribution in [3.8, 4) is 11.5 Å². The van der Waals surface area contributed by atoms with Gasteiger partial charge in [-0.3, -0.25) is 4.79 Å². The quantitative estimate of drug-likeness (QED) is 0.533. The summed E-state index contributed by atoms with van der Waals surface area (Å²) in [5.41, 5.74) is 5.60. The van der Waals surface area contributed by atoms with Crippen LogP contribution in [0.4, 0.5) is 0 Å². The molecule has 27 heavy (non-hydrogen) atoms. The lowest BCUT2D eigenvalue weighted by Crippen LogP contribution is -2.24. The van der Waals surface area contributed by atoms with Crippen LogP contribution in [0.5, 0.6) is 11.5 Å². The molecule has 5 nitrogen and oxygen atoms in total. The molecule has 3 aromatic rings. The maximum atomic E-state index is 12.0. The Hall–Kier alpha value is -3.34. The highest BCUT2D eigenvalue weighted by molar-refractivity contribution is 6.02. The van der Waals surface area contributed by atoms with E-state index in [4.69, 9.17) is 9.47 Å². The van der Waals surface area contributed by atoms with Crippen molar-refractivity contribution >= 4 is 22.9 Å². The van der Waals surface area contributed by atoms with Crippen LogP contribution in [0, 0.1) is 13.8 Å². The Morgan fingerprint density at radius 2 is 1.89 bits per heavy atom. The van der Waals surface area contributed by atoms with Crippen LogP contribution >= 0.6 is 0 Å². The van der Waals surface area contributed by atoms with Gasteiger partial charge in [0.25, 0.3) is 5.91 Å². The smallest absolute Gasteiger partial charge is 0.277 e. The predicted octanol–water partition coefficient (Wildman–Crippen LogP) is 3.99. The van der Waals surface area contributed by atoms with Crippen molar-refractivity contribution in [2.24, 2.45) is 5.10 Å². The number of nitrogens with zero attached hydrogens (tertiary/aromatic N) is 1. The van der Waals surface area contributed by atoms with E-state index in [9.17, 15) is 4.79 Å². The average molecular weight is 362 g/mol. The molecule has 0 saturated heterocycles. The largest absolute Gasteiger partial charge is 0.496 e. The second-order valence-corrected chi connectivity index (χ2v) is 6.23. The standard InChI is InChI=1S/C22H22N2O3/c1-15-8-10-18(12-16(15)2)27-14-22(25)24-23-13-20-19-7-5-4-6-17(19)9-11-21(20)26-3/h4-13H,14H2,1-3H3,(H,24,25)/b23-13+. The lowest BCUT2D eigenvalue weighted by Gasteiger charge is -2.09. The number of methoxy groups -OCH3 is 1. The maximum absolute atomic E-state index is 12.0. The fraction of sp³-hybridized carbons (Fsp3) is 0.182. The Labute approximate surface area is 158 Å². The zero-order chi connectivity index (χ0) is 19.2. The van der Waals surface area contributed by atoms with E-state index in [1.54, 1.807) is 13.3 Å². The minimum atomic E-state index is -0.330. The zero-order valence-electron chi connectivity index (χ0n) is 15.7. The summed E-state index contributed by atoms with van der Waals surface area (Å²) in [6.07, 6.45) is 1.59. The fourth-order valence-corrected chi connectivity index (χ4v) is 2.74. The number of carbonyl (C=O) groups excluding carboxylic acids is 1. The minimum absolute atomic E-state index is 0.105. The van der Waals surface area contributed by atoms with Gasteiger partial charge in [0.1, 0.15) is 11.5 Å². The summed E-state index contributed by atoms with van der Waals surface area (Å²) in [5, 5.41) is 6.13. The second kappa shape index (κ2) is 8.36. The first-order valence-electron chi connectivity index (χ1n) is 8.66. The molecule has 0 aliphatic carbocycles. The summed E-state index contributed by atoms with van der Waals surface area (Å²) in [6, 6.07) is 17.5. The van der Waals surface area contributed by atoms with Gasteiger partial charge in [-0.25, -0.2) is 5.43 Å². The van der Waals surface area contributed by atoms with Gasteiger partial charge in [-0.1, -0.05) is 36.4 Å². The third-order valence-corrected chi connectivity index (χ3v) is 4.38. The van der Waals surface area contributed by atoms with E-state index in [0.29, 0.717) is 11.5 Å². The number of fused-ring (bicyclic) bond motifs is 1. The van der Waals surface area contributed by atoms with Crippen molar-refractivity contribution in [3.63, 3.8) is 0 Å². The number of rotatable bonds is 6. The van der Waals surface area contributed by atoms with Crippen molar-refractivity contribution in [1.29, 1.82) is 0 Å². The summed E-state index contributed by atoms with van der Waals surface area (Å²) < 4.78 is 10.9. The highest BCUT2D eigenvalue weighted by atomic mass is 16.5. The van der Waals surface area contributed by atoms with Crippen molar-refractivity contribution in [3.05, 3.63) is 71.3 Å². The molecule has 0 radical (unpaired) electrons. The van der Waals surface area contributed by atoms with Gasteiger partial charge in [-0.15, -0.1) is 0 Å². The molecule has 0 unspecified atom stereocenters. The van der Waals surface area contributed by atoms with E-state index >= 15 is 0 Å². The molecule has 1 amide bonds. The molecule has 0 fully saturated rings. The van der Waals surface area contributed by atoms with Crippen molar-refractivity contribution in [1.82, 2.24) is 5.43 Å². The van der Waals surface area contributed by atoms with Crippen LogP contribution in [0.2, 0.25) is 0 Å². The molecule has 0 aliphatic heterocycles. The zero-order valence-corrected chi connectivity index (χ0v) is 15.7. The van der Waals surface area contributed by atoms with Gasteiger partial charge >= 0.3 is 0 Å². The van der Waals surface area contributed by atoms with Crippen LogP contribution < -0.4 is 14.9 Å². The van der Waals surface area contributed by atoms with E-state index in [-0.39, 0.29) is 12.5 Å². The van der Waals surface area contributed by atoms with Crippen LogP contribution in [0.1, 0.15) is 16.7 Å². The molecule has 0 heterocycles. The molecule has 0 spiro atoms. The van der Waals surface area contributed by atoms with Gasteiger partial charge in [0.15, 0.2) is 6.61 Å². The van der Waals surface area contributed by atoms with Crippen LogP contribution in [0.3, 0.4) is 0 Å². The summed E-state index contributed by atoms with van der Waals surface area (Å²) in [6.45, 7) is 3.93. The van der Waals surface area contributed by atoms with E-state index in [2.05, 4.69) is 10.5 Å².